The van der Waals surface area contributed by atoms with Crippen LogP contribution < -0.4 is 5.32 Å². The summed E-state index contributed by atoms with van der Waals surface area (Å²) in [4.78, 5) is 11.1. The molecule has 0 unspecified atom stereocenters. The Hall–Kier alpha value is -1.55. The lowest BCUT2D eigenvalue weighted by Gasteiger charge is -2.45. The van der Waals surface area contributed by atoms with Gasteiger partial charge in [0.1, 0.15) is 0 Å². The summed E-state index contributed by atoms with van der Waals surface area (Å²) in [5.74, 6) is 0. The van der Waals surface area contributed by atoms with Crippen molar-refractivity contribution < 1.29 is 15.0 Å². The van der Waals surface area contributed by atoms with Gasteiger partial charge in [0.2, 0.25) is 0 Å². The first-order valence-electron chi connectivity index (χ1n) is 6.06. The molecule has 4 nitrogen and oxygen atoms in total. The van der Waals surface area contributed by atoms with Gasteiger partial charge in [-0.2, -0.15) is 0 Å². The molecule has 0 radical (unpaired) electrons. The molecule has 18 heavy (non-hydrogen) atoms. The maximum Gasteiger partial charge on any atom is 0.405 e. The molecule has 0 spiro atoms. The van der Waals surface area contributed by atoms with E-state index in [1.54, 1.807) is 0 Å². The molecule has 0 heterocycles. The molecular formula is C14H19NO3. The Labute approximate surface area is 107 Å². The summed E-state index contributed by atoms with van der Waals surface area (Å²) in [6.07, 6.45) is -1.38. The fourth-order valence-corrected chi connectivity index (χ4v) is 3.03. The van der Waals surface area contributed by atoms with Gasteiger partial charge in [-0.25, -0.2) is 4.79 Å². The van der Waals surface area contributed by atoms with Crippen LogP contribution in [0, 0.1) is 5.41 Å². The number of aliphatic hydroxyl groups is 1. The first-order chi connectivity index (χ1) is 8.29. The van der Waals surface area contributed by atoms with Gasteiger partial charge in [0.05, 0.1) is 11.6 Å². The van der Waals surface area contributed by atoms with Crippen molar-refractivity contribution in [3.8, 4) is 0 Å². The molecule has 1 aromatic carbocycles. The van der Waals surface area contributed by atoms with E-state index in [4.69, 9.17) is 5.11 Å². The number of carboxylic acid groups (broad SMARTS) is 1. The third-order valence-corrected chi connectivity index (χ3v) is 3.84. The minimum atomic E-state index is -1.11. The number of fused-ring (bicyclic) bond motifs is 1. The maximum absolute atomic E-state index is 11.1. The van der Waals surface area contributed by atoms with Crippen LogP contribution in [0.2, 0.25) is 0 Å². The average Bonchev–Trinajstić information content (AvgIpc) is 2.51. The van der Waals surface area contributed by atoms with Gasteiger partial charge in [0.25, 0.3) is 0 Å². The Morgan fingerprint density at radius 3 is 2.56 bits per heavy atom. The van der Waals surface area contributed by atoms with E-state index in [1.807, 2.05) is 45.0 Å². The zero-order chi connectivity index (χ0) is 13.6. The van der Waals surface area contributed by atoms with Crippen LogP contribution in [0.4, 0.5) is 4.79 Å². The molecule has 1 aromatic rings. The van der Waals surface area contributed by atoms with Crippen molar-refractivity contribution in [1.82, 2.24) is 5.32 Å². The van der Waals surface area contributed by atoms with Crippen molar-refractivity contribution in [3.63, 3.8) is 0 Å². The van der Waals surface area contributed by atoms with E-state index in [9.17, 15) is 9.90 Å². The fraction of sp³-hybridized carbons (Fsp3) is 0.500. The summed E-state index contributed by atoms with van der Waals surface area (Å²) in [5.41, 5.74) is 0.522. The number of carbonyl (C=O) groups is 1. The van der Waals surface area contributed by atoms with Crippen molar-refractivity contribution in [2.45, 2.75) is 38.8 Å². The lowest BCUT2D eigenvalue weighted by Crippen LogP contribution is -2.59. The maximum atomic E-state index is 11.1. The van der Waals surface area contributed by atoms with Crippen LogP contribution in [-0.4, -0.2) is 22.4 Å². The molecular weight excluding hydrogens is 230 g/mol. The standard InChI is InChI=1S/C14H19NO3/c1-13(2,3)14(15-12(17)18)10-7-5-4-6-9(10)8-11(14)16/h4-7,11,15-16H,8H2,1-3H3,(H,17,18)/t11-,14-/m1/s1. The number of amides is 1. The van der Waals surface area contributed by atoms with Crippen molar-refractivity contribution in [3.05, 3.63) is 35.4 Å². The molecule has 1 aliphatic carbocycles. The van der Waals surface area contributed by atoms with Gasteiger partial charge >= 0.3 is 6.09 Å². The molecule has 3 N–H and O–H groups in total. The van der Waals surface area contributed by atoms with Crippen LogP contribution in [0.3, 0.4) is 0 Å². The van der Waals surface area contributed by atoms with Crippen molar-refractivity contribution >= 4 is 6.09 Å². The third-order valence-electron chi connectivity index (χ3n) is 3.84. The Balaban J connectivity index is 2.63. The summed E-state index contributed by atoms with van der Waals surface area (Å²) in [6.45, 7) is 5.82. The molecule has 0 saturated carbocycles. The molecule has 0 fully saturated rings. The Kier molecular flexibility index (Phi) is 2.86. The SMILES string of the molecule is CC(C)(C)[C@@]1(NC(=O)O)c2ccccc2C[C@H]1O. The molecule has 2 atom stereocenters. The van der Waals surface area contributed by atoms with Crippen LogP contribution in [0.15, 0.2) is 24.3 Å². The molecule has 1 aliphatic rings. The lowest BCUT2D eigenvalue weighted by atomic mass is 9.69. The third kappa shape index (κ3) is 1.68. The largest absolute Gasteiger partial charge is 0.465 e. The van der Waals surface area contributed by atoms with Gasteiger partial charge < -0.3 is 15.5 Å². The molecule has 0 bridgehead atoms. The number of aliphatic hydroxyl groups excluding tert-OH is 1. The Morgan fingerprint density at radius 2 is 2.00 bits per heavy atom. The topological polar surface area (TPSA) is 69.6 Å². The molecule has 0 aromatic heterocycles. The minimum Gasteiger partial charge on any atom is -0.465 e. The van der Waals surface area contributed by atoms with Crippen LogP contribution in [0.5, 0.6) is 0 Å². The highest BCUT2D eigenvalue weighted by atomic mass is 16.4. The van der Waals surface area contributed by atoms with Crippen molar-refractivity contribution in [2.24, 2.45) is 5.41 Å². The summed E-state index contributed by atoms with van der Waals surface area (Å²) in [5, 5.41) is 22.1. The van der Waals surface area contributed by atoms with Gasteiger partial charge in [-0.05, 0) is 16.5 Å². The Morgan fingerprint density at radius 1 is 1.39 bits per heavy atom. The lowest BCUT2D eigenvalue weighted by molar-refractivity contribution is 0.000557. The second-order valence-electron chi connectivity index (χ2n) is 5.87. The van der Waals surface area contributed by atoms with Gasteiger partial charge in [-0.15, -0.1) is 0 Å². The predicted molar refractivity (Wildman–Crippen MR) is 68.4 cm³/mol. The summed E-state index contributed by atoms with van der Waals surface area (Å²) in [7, 11) is 0. The summed E-state index contributed by atoms with van der Waals surface area (Å²) >= 11 is 0. The monoisotopic (exact) mass is 249 g/mol. The molecule has 98 valence electrons. The van der Waals surface area contributed by atoms with E-state index < -0.39 is 23.2 Å². The highest BCUT2D eigenvalue weighted by Crippen LogP contribution is 2.48. The molecule has 2 rings (SSSR count). The van der Waals surface area contributed by atoms with Crippen LogP contribution in [-0.2, 0) is 12.0 Å². The smallest absolute Gasteiger partial charge is 0.405 e. The van der Waals surface area contributed by atoms with Gasteiger partial charge in [0.15, 0.2) is 0 Å². The van der Waals surface area contributed by atoms with E-state index in [-0.39, 0.29) is 0 Å². The predicted octanol–water partition coefficient (Wildman–Crippen LogP) is 2.11. The highest BCUT2D eigenvalue weighted by molar-refractivity contribution is 5.67. The molecule has 4 heteroatoms. The zero-order valence-electron chi connectivity index (χ0n) is 10.9. The van der Waals surface area contributed by atoms with Gasteiger partial charge in [0, 0.05) is 6.42 Å². The van der Waals surface area contributed by atoms with E-state index in [0.29, 0.717) is 6.42 Å². The fourth-order valence-electron chi connectivity index (χ4n) is 3.03. The van der Waals surface area contributed by atoms with E-state index in [1.165, 1.54) is 0 Å². The first-order valence-corrected chi connectivity index (χ1v) is 6.06. The van der Waals surface area contributed by atoms with Crippen molar-refractivity contribution in [2.75, 3.05) is 0 Å². The number of hydrogen-bond donors (Lipinski definition) is 3. The minimum absolute atomic E-state index is 0.419. The van der Waals surface area contributed by atoms with Gasteiger partial charge in [-0.3, -0.25) is 0 Å². The number of nitrogens with one attached hydrogen (secondary N) is 1. The summed E-state index contributed by atoms with van der Waals surface area (Å²) in [6, 6.07) is 7.62. The quantitative estimate of drug-likeness (QED) is 0.714. The summed E-state index contributed by atoms with van der Waals surface area (Å²) < 4.78 is 0. The van der Waals surface area contributed by atoms with E-state index >= 15 is 0 Å². The van der Waals surface area contributed by atoms with Crippen LogP contribution in [0.1, 0.15) is 31.9 Å². The van der Waals surface area contributed by atoms with Crippen LogP contribution >= 0.6 is 0 Å². The molecule has 0 saturated heterocycles. The van der Waals surface area contributed by atoms with Crippen LogP contribution in [0.25, 0.3) is 0 Å². The van der Waals surface area contributed by atoms with Crippen molar-refractivity contribution in [1.29, 1.82) is 0 Å². The average molecular weight is 249 g/mol. The number of rotatable bonds is 1. The molecule has 1 amide bonds. The second-order valence-corrected chi connectivity index (χ2v) is 5.87. The zero-order valence-corrected chi connectivity index (χ0v) is 10.9. The number of benzene rings is 1. The first kappa shape index (κ1) is 12.9. The number of hydrogen-bond acceptors (Lipinski definition) is 2. The van der Waals surface area contributed by atoms with E-state index in [2.05, 4.69) is 5.32 Å². The van der Waals surface area contributed by atoms with E-state index in [0.717, 1.165) is 11.1 Å². The highest BCUT2D eigenvalue weighted by Gasteiger charge is 2.54. The normalized spacial score (nSPS) is 26.8. The second kappa shape index (κ2) is 3.99. The Bertz CT molecular complexity index is 478. The molecule has 0 aliphatic heterocycles. The van der Waals surface area contributed by atoms with Gasteiger partial charge in [-0.1, -0.05) is 45.0 Å².